The zero-order valence-electron chi connectivity index (χ0n) is 26.6. The molecular formula is C38H24Cl2N6O6. The Morgan fingerprint density at radius 3 is 1.54 bits per heavy atom. The van der Waals surface area contributed by atoms with Gasteiger partial charge in [0.1, 0.15) is 11.5 Å². The van der Waals surface area contributed by atoms with Crippen LogP contribution in [0, 0.1) is 0 Å². The molecular weight excluding hydrogens is 707 g/mol. The van der Waals surface area contributed by atoms with Crippen LogP contribution in [-0.4, -0.2) is 32.2 Å². The molecule has 8 aromatic rings. The van der Waals surface area contributed by atoms with Crippen LogP contribution in [-0.2, 0) is 0 Å². The molecule has 0 saturated carbocycles. The molecule has 0 spiro atoms. The molecule has 0 aliphatic carbocycles. The summed E-state index contributed by atoms with van der Waals surface area (Å²) in [7, 11) is 0. The number of hydrogen-bond acceptors (Lipinski definition) is 8. The number of benzene rings is 4. The SMILES string of the molecule is O=C(Nc1cccc(-c2ccco2)c1)c1ccc2c(=O)[nH]nc(Cl)c2c1.O=C(Nc1cccc(-c2ccco2)c1)c1ccc2c(Cl)n[nH]c(=O)c2c1. The van der Waals surface area contributed by atoms with Gasteiger partial charge in [-0.1, -0.05) is 53.5 Å². The molecule has 2 amide bonds. The lowest BCUT2D eigenvalue weighted by Gasteiger charge is -2.08. The van der Waals surface area contributed by atoms with Crippen LogP contribution in [0.25, 0.3) is 44.2 Å². The lowest BCUT2D eigenvalue weighted by atomic mass is 10.1. The number of H-pyrrole nitrogens is 2. The van der Waals surface area contributed by atoms with Crippen molar-refractivity contribution in [3.8, 4) is 22.6 Å². The first-order chi connectivity index (χ1) is 25.2. The van der Waals surface area contributed by atoms with Crippen molar-refractivity contribution >= 4 is 67.9 Å². The van der Waals surface area contributed by atoms with Crippen LogP contribution >= 0.6 is 23.2 Å². The van der Waals surface area contributed by atoms with E-state index in [0.717, 1.165) is 11.1 Å². The average molecular weight is 732 g/mol. The van der Waals surface area contributed by atoms with Crippen LogP contribution in [0.3, 0.4) is 0 Å². The summed E-state index contributed by atoms with van der Waals surface area (Å²) in [5.74, 6) is 0.764. The Kier molecular flexibility index (Phi) is 9.48. The van der Waals surface area contributed by atoms with Gasteiger partial charge in [-0.05, 0) is 78.9 Å². The summed E-state index contributed by atoms with van der Waals surface area (Å²) in [6.45, 7) is 0. The third-order valence-electron chi connectivity index (χ3n) is 7.86. The largest absolute Gasteiger partial charge is 0.464 e. The van der Waals surface area contributed by atoms with E-state index in [9.17, 15) is 19.2 Å². The lowest BCUT2D eigenvalue weighted by Crippen LogP contribution is -2.14. The molecule has 0 aliphatic heterocycles. The molecule has 0 radical (unpaired) electrons. The summed E-state index contributed by atoms with van der Waals surface area (Å²) < 4.78 is 10.7. The van der Waals surface area contributed by atoms with Gasteiger partial charge in [-0.3, -0.25) is 19.2 Å². The molecule has 12 nitrogen and oxygen atoms in total. The van der Waals surface area contributed by atoms with Crippen molar-refractivity contribution in [2.45, 2.75) is 0 Å². The number of aromatic amines is 2. The van der Waals surface area contributed by atoms with Gasteiger partial charge in [0.15, 0.2) is 10.3 Å². The smallest absolute Gasteiger partial charge is 0.272 e. The van der Waals surface area contributed by atoms with Crippen LogP contribution in [0.4, 0.5) is 11.4 Å². The first-order valence-electron chi connectivity index (χ1n) is 15.5. The molecule has 4 aromatic carbocycles. The van der Waals surface area contributed by atoms with Gasteiger partial charge in [0.2, 0.25) is 0 Å². The van der Waals surface area contributed by atoms with Crippen LogP contribution in [0.2, 0.25) is 10.3 Å². The number of nitrogens with zero attached hydrogens (tertiary/aromatic N) is 2. The van der Waals surface area contributed by atoms with Crippen molar-refractivity contribution in [3.63, 3.8) is 0 Å². The number of amides is 2. The van der Waals surface area contributed by atoms with E-state index in [1.165, 1.54) is 6.07 Å². The number of furan rings is 2. The molecule has 52 heavy (non-hydrogen) atoms. The summed E-state index contributed by atoms with van der Waals surface area (Å²) in [5, 5.41) is 19.6. The van der Waals surface area contributed by atoms with Crippen molar-refractivity contribution in [3.05, 3.63) is 164 Å². The van der Waals surface area contributed by atoms with Crippen molar-refractivity contribution in [1.82, 2.24) is 20.4 Å². The second kappa shape index (κ2) is 14.6. The Morgan fingerprint density at radius 1 is 0.538 bits per heavy atom. The first kappa shape index (κ1) is 33.7. The van der Waals surface area contributed by atoms with Gasteiger partial charge in [0.25, 0.3) is 22.9 Å². The van der Waals surface area contributed by atoms with E-state index in [4.69, 9.17) is 32.0 Å². The summed E-state index contributed by atoms with van der Waals surface area (Å²) in [6, 6.07) is 31.3. The van der Waals surface area contributed by atoms with E-state index in [1.807, 2.05) is 48.5 Å². The van der Waals surface area contributed by atoms with E-state index < -0.39 is 5.56 Å². The van der Waals surface area contributed by atoms with Gasteiger partial charge >= 0.3 is 0 Å². The van der Waals surface area contributed by atoms with Crippen LogP contribution in [0.5, 0.6) is 0 Å². The zero-order chi connectivity index (χ0) is 36.2. The standard InChI is InChI=1S/2C19H12ClN3O3/c20-17-15-10-12(6-7-14(15)19(25)23-22-17)18(24)21-13-4-1-3-11(9-13)16-5-2-8-26-16;20-17-14-7-6-12(10-15(14)19(25)23-22-17)18(24)21-13-4-1-3-11(9-13)16-5-2-8-26-16/h2*1-10H,(H,21,24)(H,23,25). The zero-order valence-corrected chi connectivity index (χ0v) is 28.2. The van der Waals surface area contributed by atoms with Crippen molar-refractivity contribution in [2.24, 2.45) is 0 Å². The highest BCUT2D eigenvalue weighted by atomic mass is 35.5. The predicted octanol–water partition coefficient (Wildman–Crippen LogP) is 8.18. The Morgan fingerprint density at radius 2 is 1.02 bits per heavy atom. The third kappa shape index (κ3) is 7.24. The molecule has 256 valence electrons. The number of fused-ring (bicyclic) bond motifs is 2. The van der Waals surface area contributed by atoms with Gasteiger partial charge in [0, 0.05) is 44.4 Å². The van der Waals surface area contributed by atoms with E-state index in [1.54, 1.807) is 67.1 Å². The Hall–Kier alpha value is -6.76. The highest BCUT2D eigenvalue weighted by molar-refractivity contribution is 6.34. The minimum atomic E-state index is -0.404. The van der Waals surface area contributed by atoms with Gasteiger partial charge in [-0.15, -0.1) is 0 Å². The lowest BCUT2D eigenvalue weighted by molar-refractivity contribution is 0.101. The molecule has 0 bridgehead atoms. The Balaban J connectivity index is 0.000000162. The molecule has 0 aliphatic rings. The van der Waals surface area contributed by atoms with Crippen LogP contribution < -0.4 is 21.8 Å². The number of hydrogen-bond donors (Lipinski definition) is 4. The monoisotopic (exact) mass is 730 g/mol. The maximum Gasteiger partial charge on any atom is 0.272 e. The molecule has 0 atom stereocenters. The average Bonchev–Trinajstić information content (AvgIpc) is 3.91. The number of rotatable bonds is 6. The quantitative estimate of drug-likeness (QED) is 0.132. The van der Waals surface area contributed by atoms with Gasteiger partial charge in [-0.25, -0.2) is 10.2 Å². The molecule has 4 heterocycles. The third-order valence-corrected chi connectivity index (χ3v) is 8.44. The fourth-order valence-corrected chi connectivity index (χ4v) is 5.75. The van der Waals surface area contributed by atoms with Crippen LogP contribution in [0.1, 0.15) is 20.7 Å². The number of nitrogens with one attached hydrogen (secondary N) is 4. The normalized spacial score (nSPS) is 10.8. The van der Waals surface area contributed by atoms with Crippen molar-refractivity contribution in [2.75, 3.05) is 10.6 Å². The topological polar surface area (TPSA) is 176 Å². The summed E-state index contributed by atoms with van der Waals surface area (Å²) in [6.07, 6.45) is 3.18. The van der Waals surface area contributed by atoms with E-state index in [2.05, 4.69) is 31.0 Å². The summed E-state index contributed by atoms with van der Waals surface area (Å²) in [4.78, 5) is 48.8. The number of aromatic nitrogens is 4. The predicted molar refractivity (Wildman–Crippen MR) is 199 cm³/mol. The molecule has 0 unspecified atom stereocenters. The van der Waals surface area contributed by atoms with Gasteiger partial charge in [0.05, 0.1) is 23.3 Å². The van der Waals surface area contributed by atoms with Crippen LogP contribution in [0.15, 0.2) is 140 Å². The summed E-state index contributed by atoms with van der Waals surface area (Å²) >= 11 is 12.0. The fraction of sp³-hybridized carbons (Fsp3) is 0. The van der Waals surface area contributed by atoms with Gasteiger partial charge < -0.3 is 19.5 Å². The van der Waals surface area contributed by atoms with Crippen molar-refractivity contribution in [1.29, 1.82) is 0 Å². The molecule has 8 rings (SSSR count). The molecule has 0 fully saturated rings. The molecule has 4 aromatic heterocycles. The number of halogens is 2. The maximum absolute atomic E-state index is 12.6. The number of anilines is 2. The van der Waals surface area contributed by atoms with E-state index >= 15 is 0 Å². The molecule has 14 heteroatoms. The van der Waals surface area contributed by atoms with Crippen molar-refractivity contribution < 1.29 is 18.4 Å². The second-order valence-electron chi connectivity index (χ2n) is 11.2. The minimum Gasteiger partial charge on any atom is -0.464 e. The second-order valence-corrected chi connectivity index (χ2v) is 11.9. The Labute approximate surface area is 303 Å². The maximum atomic E-state index is 12.6. The highest BCUT2D eigenvalue weighted by Crippen LogP contribution is 2.26. The van der Waals surface area contributed by atoms with E-state index in [0.29, 0.717) is 55.6 Å². The van der Waals surface area contributed by atoms with E-state index in [-0.39, 0.29) is 27.7 Å². The fourth-order valence-electron chi connectivity index (χ4n) is 5.34. The minimum absolute atomic E-state index is 0.133. The number of carbonyl (C=O) groups excluding carboxylic acids is 2. The molecule has 0 saturated heterocycles. The number of carbonyl (C=O) groups is 2. The first-order valence-corrected chi connectivity index (χ1v) is 16.3. The highest BCUT2D eigenvalue weighted by Gasteiger charge is 2.13. The summed E-state index contributed by atoms with van der Waals surface area (Å²) in [5.41, 5.74) is 2.89. The molecule has 4 N–H and O–H groups in total. The Bertz CT molecular complexity index is 2710. The van der Waals surface area contributed by atoms with Gasteiger partial charge in [-0.2, -0.15) is 10.2 Å².